The molecule has 0 bridgehead atoms. The van der Waals surface area contributed by atoms with Crippen molar-refractivity contribution in [3.8, 4) is 0 Å². The Hall–Kier alpha value is -2.51. The number of anilines is 1. The highest BCUT2D eigenvalue weighted by molar-refractivity contribution is 5.91. The number of rotatable bonds is 5. The van der Waals surface area contributed by atoms with Gasteiger partial charge in [0.1, 0.15) is 17.8 Å². The molecule has 0 spiro atoms. The molecule has 2 unspecified atom stereocenters. The lowest BCUT2D eigenvalue weighted by atomic mass is 9.90. The maximum atomic E-state index is 13.6. The maximum Gasteiger partial charge on any atom is 0.256 e. The summed E-state index contributed by atoms with van der Waals surface area (Å²) in [6, 6.07) is 0.154. The molecular weight excluding hydrogens is 364 g/mol. The zero-order valence-corrected chi connectivity index (χ0v) is 16.1. The van der Waals surface area contributed by atoms with E-state index in [1.807, 2.05) is 4.90 Å². The molecule has 1 saturated heterocycles. The van der Waals surface area contributed by atoms with Gasteiger partial charge in [0.25, 0.3) is 5.92 Å². The van der Waals surface area contributed by atoms with E-state index in [2.05, 4.69) is 40.7 Å². The second-order valence-electron chi connectivity index (χ2n) is 8.13. The van der Waals surface area contributed by atoms with Crippen molar-refractivity contribution in [3.63, 3.8) is 0 Å². The van der Waals surface area contributed by atoms with Gasteiger partial charge in [0.15, 0.2) is 0 Å². The van der Waals surface area contributed by atoms with E-state index < -0.39 is 11.8 Å². The second-order valence-corrected chi connectivity index (χ2v) is 8.13. The smallest absolute Gasteiger partial charge is 0.256 e. The standard InChI is InChI=1S/C20H25F2N5O/c1-4-16(28)27-9-12(5-6-15(27)11(2)3)26-19-17-13(14-7-20(14,21)22)8-23-18(17)24-10-25-19/h4,8,10-12,14-15H,1,5-7,9H2,2-3H3,(H2,23,24,25,26)/t12?,14-,15?/m0/s1. The number of halogens is 2. The average molecular weight is 389 g/mol. The molecule has 2 aliphatic rings. The minimum atomic E-state index is -2.66. The van der Waals surface area contributed by atoms with Gasteiger partial charge in [0.2, 0.25) is 5.91 Å². The summed E-state index contributed by atoms with van der Waals surface area (Å²) < 4.78 is 27.3. The summed E-state index contributed by atoms with van der Waals surface area (Å²) in [7, 11) is 0. The predicted molar refractivity (Wildman–Crippen MR) is 103 cm³/mol. The number of amides is 1. The lowest BCUT2D eigenvalue weighted by Crippen LogP contribution is -2.52. The molecule has 28 heavy (non-hydrogen) atoms. The Morgan fingerprint density at radius 2 is 2.18 bits per heavy atom. The van der Waals surface area contributed by atoms with Crippen LogP contribution in [0.25, 0.3) is 11.0 Å². The average Bonchev–Trinajstić information content (AvgIpc) is 3.10. The normalized spacial score (nSPS) is 26.5. The van der Waals surface area contributed by atoms with Gasteiger partial charge in [0.05, 0.1) is 11.3 Å². The van der Waals surface area contributed by atoms with Crippen LogP contribution in [0, 0.1) is 5.92 Å². The molecule has 0 radical (unpaired) electrons. The van der Waals surface area contributed by atoms with Gasteiger partial charge >= 0.3 is 0 Å². The molecule has 150 valence electrons. The third kappa shape index (κ3) is 3.25. The van der Waals surface area contributed by atoms with Gasteiger partial charge in [-0.2, -0.15) is 0 Å². The van der Waals surface area contributed by atoms with E-state index in [0.717, 1.165) is 12.8 Å². The quantitative estimate of drug-likeness (QED) is 0.765. The number of carbonyl (C=O) groups excluding carboxylic acids is 1. The minimum absolute atomic E-state index is 0.0144. The highest BCUT2D eigenvalue weighted by atomic mass is 19.3. The molecule has 1 saturated carbocycles. The van der Waals surface area contributed by atoms with Gasteiger partial charge in [-0.1, -0.05) is 20.4 Å². The molecule has 8 heteroatoms. The molecular formula is C20H25F2N5O. The molecule has 1 amide bonds. The summed E-state index contributed by atoms with van der Waals surface area (Å²) in [4.78, 5) is 25.7. The Labute approximate surface area is 162 Å². The van der Waals surface area contributed by atoms with Gasteiger partial charge in [-0.15, -0.1) is 0 Å². The van der Waals surface area contributed by atoms with Gasteiger partial charge < -0.3 is 15.2 Å². The summed E-state index contributed by atoms with van der Waals surface area (Å²) in [6.07, 6.45) is 5.97. The van der Waals surface area contributed by atoms with Crippen molar-refractivity contribution >= 4 is 22.8 Å². The molecule has 2 N–H and O–H groups in total. The van der Waals surface area contributed by atoms with Gasteiger partial charge in [-0.3, -0.25) is 4.79 Å². The number of fused-ring (bicyclic) bond motifs is 1. The lowest BCUT2D eigenvalue weighted by molar-refractivity contribution is -0.130. The van der Waals surface area contributed by atoms with Gasteiger partial charge in [-0.25, -0.2) is 18.7 Å². The number of alkyl halides is 2. The van der Waals surface area contributed by atoms with E-state index in [1.54, 1.807) is 6.20 Å². The van der Waals surface area contributed by atoms with Crippen molar-refractivity contribution in [1.29, 1.82) is 0 Å². The van der Waals surface area contributed by atoms with Crippen molar-refractivity contribution in [1.82, 2.24) is 19.9 Å². The summed E-state index contributed by atoms with van der Waals surface area (Å²) in [6.45, 7) is 8.36. The highest BCUT2D eigenvalue weighted by Gasteiger charge is 2.58. The maximum absolute atomic E-state index is 13.6. The number of aromatic nitrogens is 3. The fraction of sp³-hybridized carbons (Fsp3) is 0.550. The summed E-state index contributed by atoms with van der Waals surface area (Å²) in [5.74, 6) is -2.64. The Bertz CT molecular complexity index is 909. The molecule has 2 fully saturated rings. The summed E-state index contributed by atoms with van der Waals surface area (Å²) in [5, 5.41) is 4.01. The van der Waals surface area contributed by atoms with Crippen molar-refractivity contribution in [2.75, 3.05) is 11.9 Å². The molecule has 3 heterocycles. The number of likely N-dealkylation sites (tertiary alicyclic amines) is 1. The van der Waals surface area contributed by atoms with Crippen LogP contribution in [0.15, 0.2) is 25.2 Å². The van der Waals surface area contributed by atoms with Crippen molar-refractivity contribution in [2.24, 2.45) is 5.92 Å². The van der Waals surface area contributed by atoms with Crippen LogP contribution >= 0.6 is 0 Å². The molecule has 2 aromatic heterocycles. The third-order valence-electron chi connectivity index (χ3n) is 5.90. The van der Waals surface area contributed by atoms with E-state index in [-0.39, 0.29) is 24.4 Å². The fourth-order valence-electron chi connectivity index (χ4n) is 4.29. The zero-order chi connectivity index (χ0) is 20.1. The molecule has 1 aliphatic heterocycles. The predicted octanol–water partition coefficient (Wildman–Crippen LogP) is 3.69. The first-order valence-corrected chi connectivity index (χ1v) is 9.71. The summed E-state index contributed by atoms with van der Waals surface area (Å²) in [5.41, 5.74) is 1.10. The molecule has 6 nitrogen and oxygen atoms in total. The van der Waals surface area contributed by atoms with Crippen molar-refractivity contribution < 1.29 is 13.6 Å². The Morgan fingerprint density at radius 3 is 2.82 bits per heavy atom. The van der Waals surface area contributed by atoms with Crippen molar-refractivity contribution in [2.45, 2.75) is 57.0 Å². The van der Waals surface area contributed by atoms with E-state index >= 15 is 0 Å². The van der Waals surface area contributed by atoms with E-state index in [1.165, 1.54) is 12.4 Å². The highest BCUT2D eigenvalue weighted by Crippen LogP contribution is 2.57. The van der Waals surface area contributed by atoms with Crippen LogP contribution in [0.1, 0.15) is 44.6 Å². The number of H-pyrrole nitrogens is 1. The SMILES string of the molecule is C=CC(=O)N1CC(Nc2ncnc3[nH]cc([C@@H]4CC4(F)F)c23)CCC1C(C)C. The van der Waals surface area contributed by atoms with Crippen LogP contribution in [0.4, 0.5) is 14.6 Å². The summed E-state index contributed by atoms with van der Waals surface area (Å²) >= 11 is 0. The molecule has 1 aliphatic carbocycles. The topological polar surface area (TPSA) is 73.9 Å². The number of nitrogens with zero attached hydrogens (tertiary/aromatic N) is 3. The van der Waals surface area contributed by atoms with Crippen molar-refractivity contribution in [3.05, 3.63) is 30.7 Å². The zero-order valence-electron chi connectivity index (χ0n) is 16.1. The number of piperidine rings is 1. The lowest BCUT2D eigenvalue weighted by Gasteiger charge is -2.41. The molecule has 3 atom stereocenters. The number of hydrogen-bond donors (Lipinski definition) is 2. The van der Waals surface area contributed by atoms with E-state index in [0.29, 0.717) is 34.9 Å². The monoisotopic (exact) mass is 389 g/mol. The molecule has 4 rings (SSSR count). The first-order valence-electron chi connectivity index (χ1n) is 9.71. The first-order chi connectivity index (χ1) is 13.3. The van der Waals surface area contributed by atoms with Crippen LogP contribution in [0.3, 0.4) is 0 Å². The number of carbonyl (C=O) groups is 1. The van der Waals surface area contributed by atoms with E-state index in [4.69, 9.17) is 0 Å². The third-order valence-corrected chi connectivity index (χ3v) is 5.90. The largest absolute Gasteiger partial charge is 0.365 e. The van der Waals surface area contributed by atoms with Crippen LogP contribution in [0.2, 0.25) is 0 Å². The molecule has 2 aromatic rings. The van der Waals surface area contributed by atoms with Crippen LogP contribution in [-0.4, -0.2) is 50.3 Å². The van der Waals surface area contributed by atoms with Gasteiger partial charge in [-0.05, 0) is 30.4 Å². The van der Waals surface area contributed by atoms with Crippen LogP contribution < -0.4 is 5.32 Å². The minimum Gasteiger partial charge on any atom is -0.365 e. The number of hydrogen-bond acceptors (Lipinski definition) is 4. The van der Waals surface area contributed by atoms with Crippen LogP contribution in [-0.2, 0) is 4.79 Å². The first kappa shape index (κ1) is 18.8. The van der Waals surface area contributed by atoms with E-state index in [9.17, 15) is 13.6 Å². The Morgan fingerprint density at radius 1 is 1.43 bits per heavy atom. The fourth-order valence-corrected chi connectivity index (χ4v) is 4.29. The number of aromatic amines is 1. The molecule has 0 aromatic carbocycles. The second kappa shape index (κ2) is 6.83. The number of nitrogens with one attached hydrogen (secondary N) is 2. The Kier molecular flexibility index (Phi) is 4.59. The van der Waals surface area contributed by atoms with Crippen LogP contribution in [0.5, 0.6) is 0 Å². The Balaban J connectivity index is 1.59. The van der Waals surface area contributed by atoms with Gasteiger partial charge in [0, 0.05) is 31.2 Å².